The van der Waals surface area contributed by atoms with E-state index in [0.717, 1.165) is 22.2 Å². The number of rotatable bonds is 3. The maximum atomic E-state index is 5.78. The Bertz CT molecular complexity index is 698. The van der Waals surface area contributed by atoms with Crippen LogP contribution in [0.25, 0.3) is 10.9 Å². The van der Waals surface area contributed by atoms with Crippen LogP contribution in [0.2, 0.25) is 0 Å². The molecular formula is C15H13N3O. The zero-order chi connectivity index (χ0) is 13.1. The average molecular weight is 251 g/mol. The number of anilines is 1. The molecule has 4 nitrogen and oxygen atoms in total. The lowest BCUT2D eigenvalue weighted by molar-refractivity contribution is 0.306. The van der Waals surface area contributed by atoms with Gasteiger partial charge in [-0.25, -0.2) is 9.97 Å². The Hall–Kier alpha value is -2.62. The molecule has 0 saturated heterocycles. The van der Waals surface area contributed by atoms with E-state index in [1.807, 2.05) is 48.5 Å². The zero-order valence-electron chi connectivity index (χ0n) is 10.3. The van der Waals surface area contributed by atoms with Crippen LogP contribution in [-0.4, -0.2) is 9.97 Å². The molecule has 0 aliphatic carbocycles. The first-order valence-corrected chi connectivity index (χ1v) is 6.00. The molecule has 0 radical (unpaired) electrons. The number of fused-ring (bicyclic) bond motifs is 1. The third kappa shape index (κ3) is 2.47. The second kappa shape index (κ2) is 4.94. The molecule has 1 heterocycles. The maximum absolute atomic E-state index is 5.78. The second-order valence-electron chi connectivity index (χ2n) is 4.21. The minimum absolute atomic E-state index is 0.486. The average Bonchev–Trinajstić information content (AvgIpc) is 2.46. The minimum Gasteiger partial charge on any atom is -0.489 e. The summed E-state index contributed by atoms with van der Waals surface area (Å²) >= 11 is 0. The predicted octanol–water partition coefficient (Wildman–Crippen LogP) is 2.79. The molecule has 0 saturated carbocycles. The highest BCUT2D eigenvalue weighted by atomic mass is 16.5. The Morgan fingerprint density at radius 2 is 1.84 bits per heavy atom. The Morgan fingerprint density at radius 3 is 2.68 bits per heavy atom. The molecule has 4 heteroatoms. The van der Waals surface area contributed by atoms with Crippen LogP contribution in [0.3, 0.4) is 0 Å². The molecule has 3 aromatic rings. The number of aromatic nitrogens is 2. The van der Waals surface area contributed by atoms with E-state index in [1.165, 1.54) is 6.33 Å². The highest BCUT2D eigenvalue weighted by molar-refractivity contribution is 5.88. The number of nitrogens with two attached hydrogens (primary N) is 1. The number of nitrogens with zero attached hydrogens (tertiary/aromatic N) is 2. The molecule has 2 aromatic carbocycles. The Balaban J connectivity index is 1.82. The van der Waals surface area contributed by atoms with E-state index < -0.39 is 0 Å². The first-order valence-electron chi connectivity index (χ1n) is 6.00. The van der Waals surface area contributed by atoms with Gasteiger partial charge in [0.25, 0.3) is 0 Å². The summed E-state index contributed by atoms with van der Waals surface area (Å²) < 4.78 is 5.74. The van der Waals surface area contributed by atoms with E-state index in [-0.39, 0.29) is 0 Å². The molecule has 1 aromatic heterocycles. The topological polar surface area (TPSA) is 61.0 Å². The van der Waals surface area contributed by atoms with Gasteiger partial charge in [-0.1, -0.05) is 30.3 Å². The fourth-order valence-corrected chi connectivity index (χ4v) is 1.89. The third-order valence-corrected chi connectivity index (χ3v) is 2.89. The highest BCUT2D eigenvalue weighted by Crippen LogP contribution is 2.22. The maximum Gasteiger partial charge on any atom is 0.134 e. The quantitative estimate of drug-likeness (QED) is 0.777. The van der Waals surface area contributed by atoms with Crippen LogP contribution < -0.4 is 10.5 Å². The van der Waals surface area contributed by atoms with Gasteiger partial charge in [0.2, 0.25) is 0 Å². The first kappa shape index (κ1) is 11.5. The van der Waals surface area contributed by atoms with E-state index in [4.69, 9.17) is 10.5 Å². The molecule has 19 heavy (non-hydrogen) atoms. The summed E-state index contributed by atoms with van der Waals surface area (Å²) in [6, 6.07) is 15.7. The van der Waals surface area contributed by atoms with Crippen molar-refractivity contribution in [3.63, 3.8) is 0 Å². The monoisotopic (exact) mass is 251 g/mol. The van der Waals surface area contributed by atoms with Crippen molar-refractivity contribution in [1.82, 2.24) is 9.97 Å². The van der Waals surface area contributed by atoms with Crippen LogP contribution in [0.15, 0.2) is 54.9 Å². The van der Waals surface area contributed by atoms with E-state index in [2.05, 4.69) is 9.97 Å². The fourth-order valence-electron chi connectivity index (χ4n) is 1.89. The van der Waals surface area contributed by atoms with Crippen molar-refractivity contribution in [2.45, 2.75) is 6.61 Å². The lowest BCUT2D eigenvalue weighted by Gasteiger charge is -2.07. The Morgan fingerprint density at radius 1 is 1.00 bits per heavy atom. The van der Waals surface area contributed by atoms with E-state index >= 15 is 0 Å². The number of hydrogen-bond donors (Lipinski definition) is 1. The molecule has 0 unspecified atom stereocenters. The van der Waals surface area contributed by atoms with Crippen LogP contribution in [0, 0.1) is 0 Å². The van der Waals surface area contributed by atoms with Gasteiger partial charge in [0.1, 0.15) is 24.5 Å². The summed E-state index contributed by atoms with van der Waals surface area (Å²) in [6.45, 7) is 0.535. The lowest BCUT2D eigenvalue weighted by atomic mass is 10.2. The van der Waals surface area contributed by atoms with Crippen molar-refractivity contribution < 1.29 is 4.74 Å². The standard InChI is InChI=1S/C15H13N3O/c16-15-13-7-6-12(8-14(13)17-10-18-15)19-9-11-4-2-1-3-5-11/h1-8,10H,9H2,(H2,16,17,18). The van der Waals surface area contributed by atoms with Crippen molar-refractivity contribution in [2.75, 3.05) is 5.73 Å². The summed E-state index contributed by atoms with van der Waals surface area (Å²) in [6.07, 6.45) is 1.46. The van der Waals surface area contributed by atoms with Crippen LogP contribution in [0.4, 0.5) is 5.82 Å². The van der Waals surface area contributed by atoms with Gasteiger partial charge >= 0.3 is 0 Å². The van der Waals surface area contributed by atoms with Crippen molar-refractivity contribution in [3.05, 3.63) is 60.4 Å². The fraction of sp³-hybridized carbons (Fsp3) is 0.0667. The smallest absolute Gasteiger partial charge is 0.134 e. The Kier molecular flexibility index (Phi) is 2.98. The molecule has 0 atom stereocenters. The third-order valence-electron chi connectivity index (χ3n) is 2.89. The van der Waals surface area contributed by atoms with Gasteiger partial charge in [-0.05, 0) is 17.7 Å². The lowest BCUT2D eigenvalue weighted by Crippen LogP contribution is -1.96. The summed E-state index contributed by atoms with van der Waals surface area (Å²) in [7, 11) is 0. The Labute approximate surface area is 110 Å². The minimum atomic E-state index is 0.486. The van der Waals surface area contributed by atoms with Crippen molar-refractivity contribution in [1.29, 1.82) is 0 Å². The predicted molar refractivity (Wildman–Crippen MR) is 74.7 cm³/mol. The van der Waals surface area contributed by atoms with Gasteiger partial charge in [-0.15, -0.1) is 0 Å². The number of hydrogen-bond acceptors (Lipinski definition) is 4. The molecule has 0 spiro atoms. The summed E-state index contributed by atoms with van der Waals surface area (Å²) in [4.78, 5) is 8.14. The normalized spacial score (nSPS) is 10.5. The summed E-state index contributed by atoms with van der Waals surface area (Å²) in [5.41, 5.74) is 7.70. The largest absolute Gasteiger partial charge is 0.489 e. The number of ether oxygens (including phenoxy) is 1. The highest BCUT2D eigenvalue weighted by Gasteiger charge is 2.02. The molecule has 2 N–H and O–H groups in total. The van der Waals surface area contributed by atoms with Crippen LogP contribution in [-0.2, 0) is 6.61 Å². The summed E-state index contributed by atoms with van der Waals surface area (Å²) in [5.74, 6) is 1.26. The second-order valence-corrected chi connectivity index (χ2v) is 4.21. The molecule has 94 valence electrons. The number of nitrogen functional groups attached to an aromatic ring is 1. The van der Waals surface area contributed by atoms with Crippen LogP contribution >= 0.6 is 0 Å². The van der Waals surface area contributed by atoms with Crippen molar-refractivity contribution >= 4 is 16.7 Å². The molecule has 3 rings (SSSR count). The van der Waals surface area contributed by atoms with Crippen LogP contribution in [0.1, 0.15) is 5.56 Å². The van der Waals surface area contributed by atoms with E-state index in [9.17, 15) is 0 Å². The molecule has 0 amide bonds. The molecule has 0 aliphatic heterocycles. The molecular weight excluding hydrogens is 238 g/mol. The van der Waals surface area contributed by atoms with Gasteiger partial charge in [0.15, 0.2) is 0 Å². The SMILES string of the molecule is Nc1ncnc2cc(OCc3ccccc3)ccc12. The van der Waals surface area contributed by atoms with Gasteiger partial charge in [0.05, 0.1) is 5.52 Å². The summed E-state index contributed by atoms with van der Waals surface area (Å²) in [5, 5.41) is 0.842. The van der Waals surface area contributed by atoms with Crippen molar-refractivity contribution in [2.24, 2.45) is 0 Å². The van der Waals surface area contributed by atoms with Gasteiger partial charge in [-0.3, -0.25) is 0 Å². The van der Waals surface area contributed by atoms with Crippen LogP contribution in [0.5, 0.6) is 5.75 Å². The zero-order valence-corrected chi connectivity index (χ0v) is 10.3. The van der Waals surface area contributed by atoms with E-state index in [0.29, 0.717) is 12.4 Å². The van der Waals surface area contributed by atoms with E-state index in [1.54, 1.807) is 0 Å². The van der Waals surface area contributed by atoms with Crippen molar-refractivity contribution in [3.8, 4) is 5.75 Å². The molecule has 0 aliphatic rings. The van der Waals surface area contributed by atoms with Gasteiger partial charge in [0, 0.05) is 11.5 Å². The van der Waals surface area contributed by atoms with Gasteiger partial charge < -0.3 is 10.5 Å². The molecule has 0 fully saturated rings. The molecule has 0 bridgehead atoms. The first-order chi connectivity index (χ1) is 9.33. The van der Waals surface area contributed by atoms with Gasteiger partial charge in [-0.2, -0.15) is 0 Å². The number of benzene rings is 2.